The third-order valence-electron chi connectivity index (χ3n) is 5.18. The van der Waals surface area contributed by atoms with Gasteiger partial charge in [-0.1, -0.05) is 0 Å². The Hall–Kier alpha value is -3.93. The third kappa shape index (κ3) is 5.17. The number of phenolic OH excluding ortho intramolecular Hbond substituents is 1. The Morgan fingerprint density at radius 3 is 2.29 bits per heavy atom. The van der Waals surface area contributed by atoms with Crippen LogP contribution in [0, 0.1) is 0 Å². The van der Waals surface area contributed by atoms with Crippen molar-refractivity contribution in [3.8, 4) is 28.1 Å². The van der Waals surface area contributed by atoms with E-state index in [2.05, 4.69) is 10.1 Å². The number of hydrogen-bond acceptors (Lipinski definition) is 6. The molecule has 4 rings (SSSR count). The Labute approximate surface area is 191 Å². The lowest BCUT2D eigenvalue weighted by molar-refractivity contribution is -0.192. The Kier molecular flexibility index (Phi) is 7.20. The van der Waals surface area contributed by atoms with Gasteiger partial charge in [-0.2, -0.15) is 18.3 Å². The van der Waals surface area contributed by atoms with Crippen molar-refractivity contribution >= 4 is 11.9 Å². The molecule has 9 nitrogen and oxygen atoms in total. The maximum absolute atomic E-state index is 11.8. The topological polar surface area (TPSA) is 152 Å². The number of rotatable bonds is 5. The molecule has 34 heavy (non-hydrogen) atoms. The molecule has 180 valence electrons. The Bertz CT molecular complexity index is 1210. The highest BCUT2D eigenvalue weighted by atomic mass is 19.4. The summed E-state index contributed by atoms with van der Waals surface area (Å²) < 4.78 is 33.3. The first kappa shape index (κ1) is 24.7. The summed E-state index contributed by atoms with van der Waals surface area (Å²) in [6.07, 6.45) is 0.162. The van der Waals surface area contributed by atoms with Crippen molar-refractivity contribution in [3.05, 3.63) is 53.5 Å². The Morgan fingerprint density at radius 2 is 1.74 bits per heavy atom. The molecule has 3 aromatic rings. The van der Waals surface area contributed by atoms with E-state index in [4.69, 9.17) is 15.6 Å². The first-order valence-electron chi connectivity index (χ1n) is 10.1. The number of fused-ring (bicyclic) bond motifs is 3. The van der Waals surface area contributed by atoms with Crippen molar-refractivity contribution in [2.45, 2.75) is 32.0 Å². The van der Waals surface area contributed by atoms with E-state index in [-0.39, 0.29) is 11.4 Å². The number of aromatic nitrogens is 3. The van der Waals surface area contributed by atoms with E-state index in [1.165, 1.54) is 0 Å². The highest BCUT2D eigenvalue weighted by molar-refractivity contribution is 5.91. The fourth-order valence-electron chi connectivity index (χ4n) is 3.68. The summed E-state index contributed by atoms with van der Waals surface area (Å²) in [6, 6.07) is 7.30. The molecule has 0 radical (unpaired) electrons. The Balaban J connectivity index is 0.000000406. The molecule has 2 aromatic heterocycles. The molecule has 0 bridgehead atoms. The van der Waals surface area contributed by atoms with Gasteiger partial charge in [0.15, 0.2) is 0 Å². The van der Waals surface area contributed by atoms with Crippen LogP contribution in [-0.2, 0) is 24.2 Å². The number of pyridine rings is 1. The number of benzene rings is 1. The normalized spacial score (nSPS) is 12.2. The molecule has 0 amide bonds. The average molecular weight is 478 g/mol. The monoisotopic (exact) mass is 478 g/mol. The van der Waals surface area contributed by atoms with Crippen LogP contribution in [0.4, 0.5) is 13.2 Å². The largest absolute Gasteiger partial charge is 0.507 e. The smallest absolute Gasteiger partial charge is 0.490 e. The number of hydrogen-bond donors (Lipinski definition) is 4. The van der Waals surface area contributed by atoms with Gasteiger partial charge in [0, 0.05) is 35.6 Å². The van der Waals surface area contributed by atoms with Gasteiger partial charge in [-0.25, -0.2) is 9.59 Å². The fourth-order valence-corrected chi connectivity index (χ4v) is 3.68. The number of carbonyl (C=O) groups is 2. The van der Waals surface area contributed by atoms with Gasteiger partial charge >= 0.3 is 18.1 Å². The van der Waals surface area contributed by atoms with Crippen molar-refractivity contribution in [2.24, 2.45) is 5.73 Å². The van der Waals surface area contributed by atoms with E-state index < -0.39 is 18.1 Å². The molecule has 2 heterocycles. The van der Waals surface area contributed by atoms with Crippen LogP contribution in [-0.4, -0.2) is 54.7 Å². The molecule has 0 spiro atoms. The minimum absolute atomic E-state index is 0.199. The van der Waals surface area contributed by atoms with Crippen molar-refractivity contribution in [3.63, 3.8) is 0 Å². The summed E-state index contributed by atoms with van der Waals surface area (Å²) in [5.74, 6) is -3.53. The molecular formula is C22H21F3N4O5. The molecule has 1 aromatic carbocycles. The first-order chi connectivity index (χ1) is 16.0. The summed E-state index contributed by atoms with van der Waals surface area (Å²) in [5, 5.41) is 31.9. The van der Waals surface area contributed by atoms with Crippen LogP contribution in [0.5, 0.6) is 5.75 Å². The molecule has 0 atom stereocenters. The van der Waals surface area contributed by atoms with Crippen LogP contribution < -0.4 is 5.73 Å². The highest BCUT2D eigenvalue weighted by Gasteiger charge is 2.38. The SMILES string of the molecule is NCCCn1nc2c(c1C(=O)O)CCc1cc(O)c(-c3ccncc3)cc1-2.O=C(O)C(F)(F)F. The number of aryl methyl sites for hydroxylation is 2. The molecule has 0 saturated heterocycles. The third-order valence-corrected chi connectivity index (χ3v) is 5.18. The fraction of sp³-hybridized carbons (Fsp3) is 0.273. The predicted molar refractivity (Wildman–Crippen MR) is 114 cm³/mol. The number of nitrogens with zero attached hydrogens (tertiary/aromatic N) is 3. The molecule has 0 aliphatic heterocycles. The summed E-state index contributed by atoms with van der Waals surface area (Å²) in [6.45, 7) is 0.940. The summed E-state index contributed by atoms with van der Waals surface area (Å²) >= 11 is 0. The first-order valence-corrected chi connectivity index (χ1v) is 10.1. The van der Waals surface area contributed by atoms with E-state index in [1.807, 2.05) is 18.2 Å². The van der Waals surface area contributed by atoms with E-state index in [9.17, 15) is 28.2 Å². The maximum Gasteiger partial charge on any atom is 0.490 e. The molecule has 0 fully saturated rings. The molecule has 0 unspecified atom stereocenters. The average Bonchev–Trinajstić information content (AvgIpc) is 3.16. The van der Waals surface area contributed by atoms with Crippen molar-refractivity contribution in [1.29, 1.82) is 0 Å². The van der Waals surface area contributed by atoms with Gasteiger partial charge in [0.25, 0.3) is 0 Å². The van der Waals surface area contributed by atoms with Gasteiger partial charge in [-0.05, 0) is 61.2 Å². The van der Waals surface area contributed by atoms with Gasteiger partial charge in [0.2, 0.25) is 0 Å². The van der Waals surface area contributed by atoms with Gasteiger partial charge in [-0.15, -0.1) is 0 Å². The second-order valence-corrected chi connectivity index (χ2v) is 7.41. The lowest BCUT2D eigenvalue weighted by atomic mass is 9.86. The minimum atomic E-state index is -5.08. The number of nitrogens with two attached hydrogens (primary N) is 1. The molecule has 12 heteroatoms. The number of phenols is 1. The zero-order valence-electron chi connectivity index (χ0n) is 17.7. The zero-order valence-corrected chi connectivity index (χ0v) is 17.7. The van der Waals surface area contributed by atoms with E-state index in [0.29, 0.717) is 43.6 Å². The molecule has 0 saturated carbocycles. The second kappa shape index (κ2) is 9.91. The maximum atomic E-state index is 11.8. The molecular weight excluding hydrogens is 457 g/mol. The second-order valence-electron chi connectivity index (χ2n) is 7.41. The van der Waals surface area contributed by atoms with Crippen LogP contribution in [0.2, 0.25) is 0 Å². The number of aromatic carboxylic acids is 1. The van der Waals surface area contributed by atoms with Crippen LogP contribution in [0.25, 0.3) is 22.4 Å². The van der Waals surface area contributed by atoms with Crippen LogP contribution >= 0.6 is 0 Å². The van der Waals surface area contributed by atoms with Gasteiger partial charge in [-0.3, -0.25) is 9.67 Å². The standard InChI is InChI=1S/C20H20N4O3.C2HF3O2/c21-6-1-9-24-19(20(26)27)14-3-2-13-10-17(25)15(11-16(13)18(14)23-24)12-4-7-22-8-5-12;3-2(4,5)1(6)7/h4-5,7-8,10-11,25H,1-3,6,9,21H2,(H,26,27);(H,6,7). The summed E-state index contributed by atoms with van der Waals surface area (Å²) in [7, 11) is 0. The molecule has 1 aliphatic rings. The van der Waals surface area contributed by atoms with Crippen molar-refractivity contribution in [2.75, 3.05) is 6.54 Å². The number of aliphatic carboxylic acids is 1. The number of carboxylic acids is 2. The lowest BCUT2D eigenvalue weighted by Crippen LogP contribution is -2.21. The quantitative estimate of drug-likeness (QED) is 0.437. The van der Waals surface area contributed by atoms with E-state index in [1.54, 1.807) is 23.1 Å². The van der Waals surface area contributed by atoms with Crippen molar-refractivity contribution < 1.29 is 38.1 Å². The zero-order chi connectivity index (χ0) is 25.0. The lowest BCUT2D eigenvalue weighted by Gasteiger charge is -2.18. The number of alkyl halides is 3. The van der Waals surface area contributed by atoms with Gasteiger partial charge in [0.1, 0.15) is 11.4 Å². The highest BCUT2D eigenvalue weighted by Crippen LogP contribution is 2.41. The van der Waals surface area contributed by atoms with Gasteiger partial charge < -0.3 is 21.1 Å². The van der Waals surface area contributed by atoms with E-state index >= 15 is 0 Å². The summed E-state index contributed by atoms with van der Waals surface area (Å²) in [5.41, 5.74) is 10.6. The Morgan fingerprint density at radius 1 is 1.09 bits per heavy atom. The number of carboxylic acid groups (broad SMARTS) is 2. The minimum Gasteiger partial charge on any atom is -0.507 e. The number of aromatic hydroxyl groups is 1. The molecule has 5 N–H and O–H groups in total. The van der Waals surface area contributed by atoms with Gasteiger partial charge in [0.05, 0.1) is 5.69 Å². The predicted octanol–water partition coefficient (Wildman–Crippen LogP) is 3.10. The summed E-state index contributed by atoms with van der Waals surface area (Å²) in [4.78, 5) is 24.7. The van der Waals surface area contributed by atoms with E-state index in [0.717, 1.165) is 22.3 Å². The van der Waals surface area contributed by atoms with Crippen molar-refractivity contribution in [1.82, 2.24) is 14.8 Å². The molecule has 1 aliphatic carbocycles. The van der Waals surface area contributed by atoms with Crippen LogP contribution in [0.1, 0.15) is 28.0 Å². The number of halogens is 3. The van der Waals surface area contributed by atoms with Crippen LogP contribution in [0.3, 0.4) is 0 Å². The van der Waals surface area contributed by atoms with Crippen LogP contribution in [0.15, 0.2) is 36.7 Å².